The Bertz CT molecular complexity index is 646. The Morgan fingerprint density at radius 1 is 1.25 bits per heavy atom. The molecule has 104 valence electrons. The monoisotopic (exact) mass is 305 g/mol. The van der Waals surface area contributed by atoms with E-state index in [9.17, 15) is 4.79 Å². The van der Waals surface area contributed by atoms with Gasteiger partial charge in [0.2, 0.25) is 0 Å². The first kappa shape index (κ1) is 14.8. The summed E-state index contributed by atoms with van der Waals surface area (Å²) in [7, 11) is 0. The largest absolute Gasteiger partial charge is 0.384 e. The minimum atomic E-state index is -0.169. The maximum absolute atomic E-state index is 12.0. The molecule has 0 saturated heterocycles. The normalized spacial score (nSPS) is 9.90. The molecule has 2 rings (SSSR count). The van der Waals surface area contributed by atoms with Gasteiger partial charge in [-0.25, -0.2) is 0 Å². The van der Waals surface area contributed by atoms with E-state index in [4.69, 9.17) is 5.11 Å². The van der Waals surface area contributed by atoms with E-state index in [1.807, 2.05) is 0 Å². The van der Waals surface area contributed by atoms with E-state index >= 15 is 0 Å². The minimum absolute atomic E-state index is 0.0847. The summed E-state index contributed by atoms with van der Waals surface area (Å²) in [6, 6.07) is 7.70. The van der Waals surface area contributed by atoms with Crippen molar-refractivity contribution in [1.82, 2.24) is 5.32 Å². The van der Waals surface area contributed by atoms with Crippen molar-refractivity contribution in [1.29, 1.82) is 0 Å². The van der Waals surface area contributed by atoms with E-state index in [0.29, 0.717) is 11.4 Å². The zero-order chi connectivity index (χ0) is 14.4. The average molecular weight is 305 g/mol. The van der Waals surface area contributed by atoms with E-state index in [-0.39, 0.29) is 12.5 Å². The van der Waals surface area contributed by atoms with Crippen LogP contribution in [0.1, 0.15) is 31.2 Å². The van der Waals surface area contributed by atoms with Gasteiger partial charge in [0.1, 0.15) is 6.61 Å². The first-order valence-corrected chi connectivity index (χ1v) is 7.91. The summed E-state index contributed by atoms with van der Waals surface area (Å²) in [4.78, 5) is 15.9. The van der Waals surface area contributed by atoms with Crippen LogP contribution >= 0.6 is 22.7 Å². The van der Waals surface area contributed by atoms with Crippen LogP contribution in [-0.2, 0) is 13.0 Å². The predicted octanol–water partition coefficient (Wildman–Crippen LogP) is 2.65. The van der Waals surface area contributed by atoms with Crippen LogP contribution in [0.5, 0.6) is 0 Å². The fourth-order valence-corrected chi connectivity index (χ4v) is 3.31. The molecule has 2 heterocycles. The number of hydrogen-bond acceptors (Lipinski definition) is 4. The van der Waals surface area contributed by atoms with Crippen LogP contribution in [-0.4, -0.2) is 17.6 Å². The van der Waals surface area contributed by atoms with Gasteiger partial charge in [-0.2, -0.15) is 0 Å². The lowest BCUT2D eigenvalue weighted by Crippen LogP contribution is -2.21. The van der Waals surface area contributed by atoms with Crippen LogP contribution in [0.4, 0.5) is 0 Å². The van der Waals surface area contributed by atoms with Crippen LogP contribution in [0, 0.1) is 11.8 Å². The zero-order valence-corrected chi connectivity index (χ0v) is 12.7. The molecule has 0 bridgehead atoms. The van der Waals surface area contributed by atoms with Gasteiger partial charge in [-0.05, 0) is 30.7 Å². The van der Waals surface area contributed by atoms with Gasteiger partial charge in [-0.15, -0.1) is 22.7 Å². The highest BCUT2D eigenvalue weighted by Crippen LogP contribution is 2.18. The number of hydrogen-bond donors (Lipinski definition) is 2. The number of aliphatic hydroxyl groups is 1. The highest BCUT2D eigenvalue weighted by molar-refractivity contribution is 7.14. The molecule has 0 atom stereocenters. The maximum atomic E-state index is 12.0. The van der Waals surface area contributed by atoms with Crippen molar-refractivity contribution in [2.24, 2.45) is 0 Å². The molecule has 0 aliphatic carbocycles. The molecular weight excluding hydrogens is 290 g/mol. The molecule has 1 amide bonds. The number of carbonyl (C=O) groups is 1. The van der Waals surface area contributed by atoms with Crippen LogP contribution in [0.3, 0.4) is 0 Å². The second kappa shape index (κ2) is 7.25. The summed E-state index contributed by atoms with van der Waals surface area (Å²) in [5.74, 6) is 5.28. The van der Waals surface area contributed by atoms with Crippen LogP contribution < -0.4 is 5.32 Å². The molecule has 5 heteroatoms. The minimum Gasteiger partial charge on any atom is -0.384 e. The molecule has 20 heavy (non-hydrogen) atoms. The molecule has 0 aromatic carbocycles. The SMILES string of the molecule is CCc1ccc(CNC(=O)c2ccc(C#CCO)s2)s1. The Balaban J connectivity index is 1.92. The second-order valence-electron chi connectivity index (χ2n) is 4.03. The Labute approximate surface area is 126 Å². The van der Waals surface area contributed by atoms with Gasteiger partial charge in [-0.1, -0.05) is 18.8 Å². The van der Waals surface area contributed by atoms with Gasteiger partial charge < -0.3 is 10.4 Å². The second-order valence-corrected chi connectivity index (χ2v) is 6.36. The van der Waals surface area contributed by atoms with E-state index in [1.165, 1.54) is 16.2 Å². The quantitative estimate of drug-likeness (QED) is 0.853. The average Bonchev–Trinajstić information content (AvgIpc) is 3.11. The molecule has 0 fully saturated rings. The number of thiophene rings is 2. The fourth-order valence-electron chi connectivity index (χ4n) is 1.62. The fraction of sp³-hybridized carbons (Fsp3) is 0.267. The summed E-state index contributed by atoms with van der Waals surface area (Å²) in [6.07, 6.45) is 1.02. The highest BCUT2D eigenvalue weighted by atomic mass is 32.1. The smallest absolute Gasteiger partial charge is 0.261 e. The van der Waals surface area contributed by atoms with Gasteiger partial charge in [0.25, 0.3) is 5.91 Å². The third-order valence-electron chi connectivity index (χ3n) is 2.61. The van der Waals surface area contributed by atoms with Crippen LogP contribution in [0.15, 0.2) is 24.3 Å². The Hall–Kier alpha value is -1.61. The third kappa shape index (κ3) is 3.94. The summed E-state index contributed by atoms with van der Waals surface area (Å²) < 4.78 is 0. The van der Waals surface area contributed by atoms with E-state index < -0.39 is 0 Å². The molecule has 0 radical (unpaired) electrons. The predicted molar refractivity (Wildman–Crippen MR) is 83.2 cm³/mol. The Morgan fingerprint density at radius 3 is 2.75 bits per heavy atom. The number of nitrogens with one attached hydrogen (secondary N) is 1. The van der Waals surface area contributed by atoms with Gasteiger partial charge in [0.05, 0.1) is 16.3 Å². The van der Waals surface area contributed by atoms with Crippen molar-refractivity contribution in [2.45, 2.75) is 19.9 Å². The standard InChI is InChI=1S/C15H15NO2S2/c1-2-11-5-6-13(19-11)10-16-15(18)14-8-7-12(20-14)4-3-9-17/h5-8,17H,2,9-10H2,1H3,(H,16,18). The first-order valence-electron chi connectivity index (χ1n) is 6.28. The van der Waals surface area contributed by atoms with Crippen molar-refractivity contribution >= 4 is 28.6 Å². The molecule has 2 aromatic heterocycles. The van der Waals surface area contributed by atoms with Crippen LogP contribution in [0.25, 0.3) is 0 Å². The molecule has 0 aliphatic rings. The molecule has 0 saturated carbocycles. The van der Waals surface area contributed by atoms with Gasteiger partial charge >= 0.3 is 0 Å². The van der Waals surface area contributed by atoms with Gasteiger partial charge in [-0.3, -0.25) is 4.79 Å². The zero-order valence-electron chi connectivity index (χ0n) is 11.1. The highest BCUT2D eigenvalue weighted by Gasteiger charge is 2.08. The third-order valence-corrected chi connectivity index (χ3v) is 4.84. The molecule has 2 aromatic rings. The van der Waals surface area contributed by atoms with E-state index in [0.717, 1.165) is 16.2 Å². The first-order chi connectivity index (χ1) is 9.72. The van der Waals surface area contributed by atoms with Crippen molar-refractivity contribution in [2.75, 3.05) is 6.61 Å². The lowest BCUT2D eigenvalue weighted by molar-refractivity contribution is 0.0955. The number of amides is 1. The summed E-state index contributed by atoms with van der Waals surface area (Å²) >= 11 is 3.06. The van der Waals surface area contributed by atoms with E-state index in [2.05, 4.69) is 36.2 Å². The number of carbonyl (C=O) groups excluding carboxylic acids is 1. The number of aliphatic hydroxyl groups excluding tert-OH is 1. The van der Waals surface area contributed by atoms with Crippen molar-refractivity contribution in [3.05, 3.63) is 43.8 Å². The van der Waals surface area contributed by atoms with Crippen LogP contribution in [0.2, 0.25) is 0 Å². The molecule has 0 spiro atoms. The summed E-state index contributed by atoms with van der Waals surface area (Å²) in [5, 5.41) is 11.5. The molecular formula is C15H15NO2S2. The lowest BCUT2D eigenvalue weighted by atomic mass is 10.3. The van der Waals surface area contributed by atoms with Gasteiger partial charge in [0, 0.05) is 9.75 Å². The Morgan fingerprint density at radius 2 is 2.05 bits per heavy atom. The van der Waals surface area contributed by atoms with Crippen molar-refractivity contribution < 1.29 is 9.90 Å². The summed E-state index contributed by atoms with van der Waals surface area (Å²) in [5.41, 5.74) is 0. The van der Waals surface area contributed by atoms with Gasteiger partial charge in [0.15, 0.2) is 0 Å². The molecule has 3 nitrogen and oxygen atoms in total. The summed E-state index contributed by atoms with van der Waals surface area (Å²) in [6.45, 7) is 2.51. The topological polar surface area (TPSA) is 49.3 Å². The maximum Gasteiger partial charge on any atom is 0.261 e. The Kier molecular flexibility index (Phi) is 5.36. The molecule has 2 N–H and O–H groups in total. The molecule has 0 unspecified atom stereocenters. The van der Waals surface area contributed by atoms with Crippen molar-refractivity contribution in [3.8, 4) is 11.8 Å². The van der Waals surface area contributed by atoms with Crippen molar-refractivity contribution in [3.63, 3.8) is 0 Å². The molecule has 0 aliphatic heterocycles. The van der Waals surface area contributed by atoms with E-state index in [1.54, 1.807) is 23.5 Å². The number of rotatable bonds is 4. The number of aryl methyl sites for hydroxylation is 1. The lowest BCUT2D eigenvalue weighted by Gasteiger charge is -2.00.